The Morgan fingerprint density at radius 2 is 1.79 bits per heavy atom. The monoisotopic (exact) mass is 319 g/mol. The maximum atomic E-state index is 12.2. The molecule has 1 aromatic rings. The first-order chi connectivity index (χ1) is 8.69. The summed E-state index contributed by atoms with van der Waals surface area (Å²) in [5.74, 6) is -0.0679. The second-order valence-electron chi connectivity index (χ2n) is 4.97. The maximum absolute atomic E-state index is 12.2. The molecule has 0 amide bonds. The van der Waals surface area contributed by atoms with Gasteiger partial charge in [-0.1, -0.05) is 29.3 Å². The van der Waals surface area contributed by atoms with Gasteiger partial charge >= 0.3 is 0 Å². The fourth-order valence-electron chi connectivity index (χ4n) is 1.64. The molecule has 0 saturated carbocycles. The molecule has 0 aromatic heterocycles. The van der Waals surface area contributed by atoms with E-state index in [9.17, 15) is 8.42 Å². The average molecular weight is 320 g/mol. The third-order valence-corrected chi connectivity index (χ3v) is 5.49. The van der Waals surface area contributed by atoms with E-state index >= 15 is 0 Å². The first-order valence-corrected chi connectivity index (χ1v) is 8.18. The van der Waals surface area contributed by atoms with E-state index in [2.05, 4.69) is 6.07 Å². The molecule has 1 aromatic carbocycles. The Balaban J connectivity index is 2.87. The van der Waals surface area contributed by atoms with Crippen LogP contribution in [0, 0.1) is 16.7 Å². The lowest BCUT2D eigenvalue weighted by Crippen LogP contribution is -2.13. The Hall–Kier alpha value is -0.760. The Labute approximate surface area is 124 Å². The molecule has 3 nitrogen and oxygen atoms in total. The van der Waals surface area contributed by atoms with Crippen molar-refractivity contribution < 1.29 is 8.42 Å². The molecule has 19 heavy (non-hydrogen) atoms. The predicted molar refractivity (Wildman–Crippen MR) is 77.1 cm³/mol. The molecule has 0 N–H and O–H groups in total. The highest BCUT2D eigenvalue weighted by molar-refractivity contribution is 7.91. The number of nitriles is 1. The SMILES string of the molecule is CC(C)(C#N)CCCS(=O)(=O)c1c(Cl)cccc1Cl. The fourth-order valence-corrected chi connectivity index (χ4v) is 4.20. The highest BCUT2D eigenvalue weighted by Gasteiger charge is 2.23. The molecule has 0 fully saturated rings. The van der Waals surface area contributed by atoms with Crippen molar-refractivity contribution in [2.24, 2.45) is 5.41 Å². The number of sulfone groups is 1. The summed E-state index contributed by atoms with van der Waals surface area (Å²) in [5.41, 5.74) is -0.528. The quantitative estimate of drug-likeness (QED) is 0.821. The average Bonchev–Trinajstić information content (AvgIpc) is 2.27. The largest absolute Gasteiger partial charge is 0.224 e. The van der Waals surface area contributed by atoms with E-state index in [1.807, 2.05) is 0 Å². The van der Waals surface area contributed by atoms with Crippen molar-refractivity contribution in [3.8, 4) is 6.07 Å². The number of rotatable bonds is 5. The van der Waals surface area contributed by atoms with Crippen LogP contribution in [0.5, 0.6) is 0 Å². The van der Waals surface area contributed by atoms with Gasteiger partial charge in [0.25, 0.3) is 0 Å². The zero-order valence-electron chi connectivity index (χ0n) is 10.8. The standard InChI is InChI=1S/C13H15Cl2NO2S/c1-13(2,9-16)7-4-8-19(17,18)12-10(14)5-3-6-11(12)15/h3,5-6H,4,7-8H2,1-2H3. The Kier molecular flexibility index (Phi) is 5.26. The zero-order chi connectivity index (χ0) is 14.7. The lowest BCUT2D eigenvalue weighted by Gasteiger charge is -2.15. The van der Waals surface area contributed by atoms with Gasteiger partial charge in [-0.05, 0) is 38.8 Å². The van der Waals surface area contributed by atoms with Gasteiger partial charge in [0.2, 0.25) is 0 Å². The molecule has 1 rings (SSSR count). The second-order valence-corrected chi connectivity index (χ2v) is 7.83. The zero-order valence-corrected chi connectivity index (χ0v) is 13.1. The van der Waals surface area contributed by atoms with Crippen LogP contribution in [-0.2, 0) is 9.84 Å². The van der Waals surface area contributed by atoms with E-state index in [0.29, 0.717) is 12.8 Å². The summed E-state index contributed by atoms with van der Waals surface area (Å²) in [5, 5.41) is 9.15. The summed E-state index contributed by atoms with van der Waals surface area (Å²) < 4.78 is 24.4. The van der Waals surface area contributed by atoms with Gasteiger partial charge in [-0.3, -0.25) is 0 Å². The molecule has 104 valence electrons. The van der Waals surface area contributed by atoms with Crippen LogP contribution < -0.4 is 0 Å². The van der Waals surface area contributed by atoms with Crippen LogP contribution in [0.3, 0.4) is 0 Å². The number of benzene rings is 1. The lowest BCUT2D eigenvalue weighted by atomic mass is 9.90. The third kappa shape index (κ3) is 4.38. The van der Waals surface area contributed by atoms with Crippen LogP contribution in [-0.4, -0.2) is 14.2 Å². The number of hydrogen-bond acceptors (Lipinski definition) is 3. The Bertz CT molecular complexity index is 583. The van der Waals surface area contributed by atoms with E-state index in [-0.39, 0.29) is 20.7 Å². The molecule has 0 spiro atoms. The van der Waals surface area contributed by atoms with Gasteiger partial charge < -0.3 is 0 Å². The second kappa shape index (κ2) is 6.13. The van der Waals surface area contributed by atoms with Crippen LogP contribution in [0.4, 0.5) is 0 Å². The van der Waals surface area contributed by atoms with Crippen molar-refractivity contribution in [1.82, 2.24) is 0 Å². The lowest BCUT2D eigenvalue weighted by molar-refractivity contribution is 0.445. The minimum absolute atomic E-state index is 0.0203. The van der Waals surface area contributed by atoms with Crippen molar-refractivity contribution in [3.05, 3.63) is 28.2 Å². The van der Waals surface area contributed by atoms with E-state index < -0.39 is 15.3 Å². The van der Waals surface area contributed by atoms with Gasteiger partial charge in [0.15, 0.2) is 9.84 Å². The maximum Gasteiger partial charge on any atom is 0.181 e. The molecule has 0 atom stereocenters. The summed E-state index contributed by atoms with van der Waals surface area (Å²) in [4.78, 5) is -0.0203. The smallest absolute Gasteiger partial charge is 0.181 e. The molecule has 0 radical (unpaired) electrons. The molecule has 0 saturated heterocycles. The van der Waals surface area contributed by atoms with Gasteiger partial charge in [-0.2, -0.15) is 5.26 Å². The number of hydrogen-bond donors (Lipinski definition) is 0. The highest BCUT2D eigenvalue weighted by Crippen LogP contribution is 2.31. The summed E-state index contributed by atoms with van der Waals surface area (Å²) >= 11 is 11.8. The van der Waals surface area contributed by atoms with Gasteiger partial charge in [-0.25, -0.2) is 8.42 Å². The van der Waals surface area contributed by atoms with Crippen molar-refractivity contribution in [3.63, 3.8) is 0 Å². The van der Waals surface area contributed by atoms with Crippen molar-refractivity contribution in [2.75, 3.05) is 5.75 Å². The van der Waals surface area contributed by atoms with Crippen LogP contribution in [0.1, 0.15) is 26.7 Å². The van der Waals surface area contributed by atoms with Crippen molar-refractivity contribution in [1.29, 1.82) is 5.26 Å². The molecule has 0 aliphatic rings. The van der Waals surface area contributed by atoms with Crippen LogP contribution in [0.2, 0.25) is 10.0 Å². The topological polar surface area (TPSA) is 57.9 Å². The van der Waals surface area contributed by atoms with Gasteiger partial charge in [-0.15, -0.1) is 0 Å². The van der Waals surface area contributed by atoms with E-state index in [0.717, 1.165) is 0 Å². The Morgan fingerprint density at radius 3 is 2.26 bits per heavy atom. The number of nitrogens with zero attached hydrogens (tertiary/aromatic N) is 1. The molecular weight excluding hydrogens is 305 g/mol. The van der Waals surface area contributed by atoms with Gasteiger partial charge in [0.05, 0.1) is 27.3 Å². The minimum Gasteiger partial charge on any atom is -0.224 e. The van der Waals surface area contributed by atoms with Gasteiger partial charge in [0, 0.05) is 0 Å². The first kappa shape index (κ1) is 16.3. The fraction of sp³-hybridized carbons (Fsp3) is 0.462. The predicted octanol–water partition coefficient (Wildman–Crippen LogP) is 4.10. The summed E-state index contributed by atoms with van der Waals surface area (Å²) in [6.45, 7) is 3.56. The Morgan fingerprint density at radius 1 is 1.26 bits per heavy atom. The molecule has 0 aliphatic carbocycles. The van der Waals surface area contributed by atoms with Crippen LogP contribution >= 0.6 is 23.2 Å². The normalized spacial score (nSPS) is 12.2. The molecule has 0 unspecified atom stereocenters. The molecule has 0 heterocycles. The van der Waals surface area contributed by atoms with Gasteiger partial charge in [0.1, 0.15) is 4.90 Å². The summed E-state index contributed by atoms with van der Waals surface area (Å²) in [6, 6.07) is 6.74. The summed E-state index contributed by atoms with van der Waals surface area (Å²) in [6.07, 6.45) is 0.898. The summed E-state index contributed by atoms with van der Waals surface area (Å²) in [7, 11) is -3.53. The van der Waals surface area contributed by atoms with E-state index in [1.54, 1.807) is 19.9 Å². The first-order valence-electron chi connectivity index (χ1n) is 5.78. The molecule has 0 bridgehead atoms. The van der Waals surface area contributed by atoms with Crippen molar-refractivity contribution in [2.45, 2.75) is 31.6 Å². The van der Waals surface area contributed by atoms with Crippen molar-refractivity contribution >= 4 is 33.0 Å². The van der Waals surface area contributed by atoms with Crippen LogP contribution in [0.25, 0.3) is 0 Å². The van der Waals surface area contributed by atoms with Crippen LogP contribution in [0.15, 0.2) is 23.1 Å². The molecule has 6 heteroatoms. The minimum atomic E-state index is -3.53. The highest BCUT2D eigenvalue weighted by atomic mass is 35.5. The van der Waals surface area contributed by atoms with E-state index in [1.165, 1.54) is 12.1 Å². The van der Waals surface area contributed by atoms with E-state index in [4.69, 9.17) is 28.5 Å². The third-order valence-electron chi connectivity index (χ3n) is 2.75. The molecular formula is C13H15Cl2NO2S. The molecule has 0 aliphatic heterocycles. The number of halogens is 2.